The summed E-state index contributed by atoms with van der Waals surface area (Å²) in [6.45, 7) is 7.86. The van der Waals surface area contributed by atoms with Gasteiger partial charge in [0.15, 0.2) is 0 Å². The van der Waals surface area contributed by atoms with Crippen LogP contribution < -0.4 is 5.32 Å². The number of nitriles is 1. The van der Waals surface area contributed by atoms with E-state index >= 15 is 0 Å². The maximum atomic E-state index is 11.9. The fraction of sp³-hybridized carbons (Fsp3) is 0.846. The largest absolute Gasteiger partial charge is 0.381 e. The fourth-order valence-electron chi connectivity index (χ4n) is 1.82. The predicted octanol–water partition coefficient (Wildman–Crippen LogP) is 1.86. The Bertz CT molecular complexity index is 316. The molecule has 1 aliphatic heterocycles. The van der Waals surface area contributed by atoms with E-state index < -0.39 is 5.41 Å². The molecular formula is C13H22N2O2. The van der Waals surface area contributed by atoms with Crippen molar-refractivity contribution < 1.29 is 9.53 Å². The molecule has 0 aromatic carbocycles. The van der Waals surface area contributed by atoms with Gasteiger partial charge in [-0.3, -0.25) is 4.79 Å². The Kier molecular flexibility index (Phi) is 4.53. The zero-order valence-electron chi connectivity index (χ0n) is 11.0. The summed E-state index contributed by atoms with van der Waals surface area (Å²) in [6, 6.07) is 2.09. The smallest absolute Gasteiger partial charge is 0.240 e. The molecule has 1 aliphatic rings. The van der Waals surface area contributed by atoms with Crippen molar-refractivity contribution in [1.82, 2.24) is 5.32 Å². The minimum atomic E-state index is -0.901. The van der Waals surface area contributed by atoms with Gasteiger partial charge < -0.3 is 10.1 Å². The van der Waals surface area contributed by atoms with E-state index in [-0.39, 0.29) is 11.3 Å². The molecule has 4 nitrogen and oxygen atoms in total. The van der Waals surface area contributed by atoms with Crippen molar-refractivity contribution in [2.75, 3.05) is 19.8 Å². The first kappa shape index (κ1) is 14.0. The predicted molar refractivity (Wildman–Crippen MR) is 65.2 cm³/mol. The summed E-state index contributed by atoms with van der Waals surface area (Å²) in [5.74, 6) is -0.157. The normalized spacial score (nSPS) is 22.2. The fourth-order valence-corrected chi connectivity index (χ4v) is 1.82. The third-order valence-electron chi connectivity index (χ3n) is 3.83. The molecule has 0 aromatic heterocycles. The summed E-state index contributed by atoms with van der Waals surface area (Å²) in [7, 11) is 0. The number of rotatable bonds is 4. The molecule has 17 heavy (non-hydrogen) atoms. The van der Waals surface area contributed by atoms with Gasteiger partial charge in [0.1, 0.15) is 5.41 Å². The monoisotopic (exact) mass is 238 g/mol. The molecule has 0 bridgehead atoms. The summed E-state index contributed by atoms with van der Waals surface area (Å²) >= 11 is 0. The number of ether oxygens (including phenoxy) is 1. The standard InChI is InChI=1S/C13H22N2O2/c1-4-13(3,9-14)11(16)15-10-12(2)5-7-17-8-6-12/h4-8,10H2,1-3H3,(H,15,16). The van der Waals surface area contributed by atoms with Crippen LogP contribution in [0.3, 0.4) is 0 Å². The third-order valence-corrected chi connectivity index (χ3v) is 3.83. The number of amides is 1. The minimum Gasteiger partial charge on any atom is -0.381 e. The average molecular weight is 238 g/mol. The van der Waals surface area contributed by atoms with E-state index in [1.54, 1.807) is 6.92 Å². The van der Waals surface area contributed by atoms with E-state index in [4.69, 9.17) is 10.00 Å². The van der Waals surface area contributed by atoms with Crippen LogP contribution in [0.1, 0.15) is 40.0 Å². The van der Waals surface area contributed by atoms with Gasteiger partial charge in [-0.15, -0.1) is 0 Å². The quantitative estimate of drug-likeness (QED) is 0.813. The molecular weight excluding hydrogens is 216 g/mol. The molecule has 1 heterocycles. The zero-order valence-corrected chi connectivity index (χ0v) is 11.0. The highest BCUT2D eigenvalue weighted by Crippen LogP contribution is 2.29. The maximum Gasteiger partial charge on any atom is 0.240 e. The number of carbonyl (C=O) groups is 1. The van der Waals surface area contributed by atoms with Crippen molar-refractivity contribution in [3.63, 3.8) is 0 Å². The summed E-state index contributed by atoms with van der Waals surface area (Å²) in [5.41, 5.74) is -0.792. The second kappa shape index (κ2) is 5.50. The Balaban J connectivity index is 2.50. The molecule has 1 saturated heterocycles. The molecule has 0 saturated carbocycles. The number of carbonyl (C=O) groups excluding carboxylic acids is 1. The summed E-state index contributed by atoms with van der Waals surface area (Å²) < 4.78 is 5.32. The second-order valence-corrected chi connectivity index (χ2v) is 5.40. The highest BCUT2D eigenvalue weighted by Gasteiger charge is 2.34. The van der Waals surface area contributed by atoms with Crippen LogP contribution in [-0.2, 0) is 9.53 Å². The van der Waals surface area contributed by atoms with Gasteiger partial charge in [0, 0.05) is 19.8 Å². The Morgan fingerprint density at radius 2 is 2.12 bits per heavy atom. The SMILES string of the molecule is CCC(C)(C#N)C(=O)NCC1(C)CCOCC1. The van der Waals surface area contributed by atoms with Crippen LogP contribution in [0.15, 0.2) is 0 Å². The molecule has 0 spiro atoms. The molecule has 0 radical (unpaired) electrons. The summed E-state index contributed by atoms with van der Waals surface area (Å²) in [4.78, 5) is 11.9. The number of nitrogens with one attached hydrogen (secondary N) is 1. The van der Waals surface area contributed by atoms with Crippen LogP contribution in [0.4, 0.5) is 0 Å². The lowest BCUT2D eigenvalue weighted by Crippen LogP contribution is -2.44. The van der Waals surface area contributed by atoms with Crippen LogP contribution in [0, 0.1) is 22.2 Å². The summed E-state index contributed by atoms with van der Waals surface area (Å²) in [6.07, 6.45) is 2.46. The Labute approximate surface area is 103 Å². The summed E-state index contributed by atoms with van der Waals surface area (Å²) in [5, 5.41) is 11.9. The molecule has 1 N–H and O–H groups in total. The molecule has 1 unspecified atom stereocenters. The highest BCUT2D eigenvalue weighted by atomic mass is 16.5. The van der Waals surface area contributed by atoms with E-state index in [0.29, 0.717) is 13.0 Å². The van der Waals surface area contributed by atoms with Crippen LogP contribution in [0.5, 0.6) is 0 Å². The lowest BCUT2D eigenvalue weighted by Gasteiger charge is -2.34. The molecule has 4 heteroatoms. The van der Waals surface area contributed by atoms with Crippen LogP contribution >= 0.6 is 0 Å². The van der Waals surface area contributed by atoms with E-state index in [9.17, 15) is 4.79 Å². The van der Waals surface area contributed by atoms with Gasteiger partial charge >= 0.3 is 0 Å². The van der Waals surface area contributed by atoms with Crippen molar-refractivity contribution in [2.24, 2.45) is 10.8 Å². The lowest BCUT2D eigenvalue weighted by molar-refractivity contribution is -0.128. The maximum absolute atomic E-state index is 11.9. The van der Waals surface area contributed by atoms with Crippen molar-refractivity contribution in [2.45, 2.75) is 40.0 Å². The lowest BCUT2D eigenvalue weighted by atomic mass is 9.81. The minimum absolute atomic E-state index is 0.109. The van der Waals surface area contributed by atoms with Gasteiger partial charge in [0.05, 0.1) is 6.07 Å². The number of hydrogen-bond acceptors (Lipinski definition) is 3. The van der Waals surface area contributed by atoms with Crippen molar-refractivity contribution in [3.05, 3.63) is 0 Å². The molecule has 1 amide bonds. The Hall–Kier alpha value is -1.08. The third kappa shape index (κ3) is 3.44. The van der Waals surface area contributed by atoms with Gasteiger partial charge in [-0.25, -0.2) is 0 Å². The van der Waals surface area contributed by atoms with E-state index in [2.05, 4.69) is 18.3 Å². The first-order chi connectivity index (χ1) is 7.96. The molecule has 96 valence electrons. The van der Waals surface area contributed by atoms with Gasteiger partial charge in [0.25, 0.3) is 0 Å². The highest BCUT2D eigenvalue weighted by molar-refractivity contribution is 5.84. The van der Waals surface area contributed by atoms with E-state index in [1.165, 1.54) is 0 Å². The van der Waals surface area contributed by atoms with Gasteiger partial charge in [-0.05, 0) is 31.6 Å². The molecule has 0 aliphatic carbocycles. The number of nitrogens with zero attached hydrogens (tertiary/aromatic N) is 1. The van der Waals surface area contributed by atoms with Crippen molar-refractivity contribution in [3.8, 4) is 6.07 Å². The molecule has 1 rings (SSSR count). The Morgan fingerprint density at radius 3 is 2.59 bits per heavy atom. The first-order valence-electron chi connectivity index (χ1n) is 6.23. The van der Waals surface area contributed by atoms with Gasteiger partial charge in [0.2, 0.25) is 5.91 Å². The first-order valence-corrected chi connectivity index (χ1v) is 6.23. The number of hydrogen-bond donors (Lipinski definition) is 1. The van der Waals surface area contributed by atoms with Crippen LogP contribution in [-0.4, -0.2) is 25.7 Å². The zero-order chi connectivity index (χ0) is 12.9. The van der Waals surface area contributed by atoms with Gasteiger partial charge in [-0.2, -0.15) is 5.26 Å². The van der Waals surface area contributed by atoms with E-state index in [0.717, 1.165) is 26.1 Å². The Morgan fingerprint density at radius 1 is 1.53 bits per heavy atom. The van der Waals surface area contributed by atoms with Crippen molar-refractivity contribution >= 4 is 5.91 Å². The topological polar surface area (TPSA) is 62.1 Å². The average Bonchev–Trinajstić information content (AvgIpc) is 2.36. The van der Waals surface area contributed by atoms with Crippen LogP contribution in [0.2, 0.25) is 0 Å². The second-order valence-electron chi connectivity index (χ2n) is 5.40. The molecule has 0 aromatic rings. The molecule has 1 atom stereocenters. The molecule has 1 fully saturated rings. The van der Waals surface area contributed by atoms with E-state index in [1.807, 2.05) is 6.92 Å². The van der Waals surface area contributed by atoms with Gasteiger partial charge in [-0.1, -0.05) is 13.8 Å². The van der Waals surface area contributed by atoms with Crippen LogP contribution in [0.25, 0.3) is 0 Å². The van der Waals surface area contributed by atoms with Crippen molar-refractivity contribution in [1.29, 1.82) is 5.26 Å².